The predicted octanol–water partition coefficient (Wildman–Crippen LogP) is 1.55. The van der Waals surface area contributed by atoms with Gasteiger partial charge in [0.25, 0.3) is 0 Å². The van der Waals surface area contributed by atoms with Crippen LogP contribution in [0.4, 0.5) is 4.39 Å². The van der Waals surface area contributed by atoms with E-state index in [-0.39, 0.29) is 41.6 Å². The van der Waals surface area contributed by atoms with E-state index in [1.807, 2.05) is 0 Å². The van der Waals surface area contributed by atoms with E-state index in [1.165, 1.54) is 6.07 Å². The van der Waals surface area contributed by atoms with Crippen LogP contribution in [-0.4, -0.2) is 46.0 Å². The van der Waals surface area contributed by atoms with Crippen molar-refractivity contribution in [2.75, 3.05) is 13.1 Å². The Balaban J connectivity index is 1.34. The fourth-order valence-electron chi connectivity index (χ4n) is 3.64. The molecule has 3 heterocycles. The Labute approximate surface area is 149 Å². The number of nitrogens with one attached hydrogen (secondary N) is 1. The number of aryl methyl sites for hydroxylation is 1. The largest absolute Gasteiger partial charge is 0.353 e. The number of carbonyl (C=O) groups is 2. The summed E-state index contributed by atoms with van der Waals surface area (Å²) in [4.78, 5) is 29.9. The van der Waals surface area contributed by atoms with Crippen LogP contribution in [0, 0.1) is 11.7 Å². The van der Waals surface area contributed by atoms with Gasteiger partial charge in [0, 0.05) is 44.3 Å². The molecule has 0 radical (unpaired) electrons. The van der Waals surface area contributed by atoms with Crippen molar-refractivity contribution >= 4 is 11.8 Å². The second-order valence-electron chi connectivity index (χ2n) is 6.76. The van der Waals surface area contributed by atoms with E-state index < -0.39 is 5.82 Å². The van der Waals surface area contributed by atoms with Crippen molar-refractivity contribution in [2.24, 2.45) is 5.92 Å². The first-order valence-electron chi connectivity index (χ1n) is 8.75. The van der Waals surface area contributed by atoms with Crippen LogP contribution in [0.1, 0.15) is 25.2 Å². The maximum atomic E-state index is 13.8. The van der Waals surface area contributed by atoms with E-state index >= 15 is 0 Å². The molecule has 0 aliphatic carbocycles. The van der Waals surface area contributed by atoms with E-state index in [1.54, 1.807) is 23.1 Å². The molecule has 0 unspecified atom stereocenters. The van der Waals surface area contributed by atoms with Gasteiger partial charge in [-0.25, -0.2) is 4.39 Å². The number of hydrogen-bond donors (Lipinski definition) is 1. The zero-order chi connectivity index (χ0) is 18.1. The van der Waals surface area contributed by atoms with E-state index in [0.717, 1.165) is 6.42 Å². The monoisotopic (exact) mass is 358 g/mol. The van der Waals surface area contributed by atoms with Crippen LogP contribution in [0.2, 0.25) is 0 Å². The highest BCUT2D eigenvalue weighted by Crippen LogP contribution is 2.26. The van der Waals surface area contributed by atoms with Gasteiger partial charge in [-0.05, 0) is 18.6 Å². The molecule has 4 rings (SSSR count). The molecular formula is C18H19FN4O3. The topological polar surface area (TPSA) is 88.3 Å². The highest BCUT2D eigenvalue weighted by molar-refractivity contribution is 5.80. The molecule has 0 spiro atoms. The second-order valence-corrected chi connectivity index (χ2v) is 6.76. The van der Waals surface area contributed by atoms with Gasteiger partial charge >= 0.3 is 0 Å². The number of likely N-dealkylation sites (tertiary alicyclic amines) is 1. The summed E-state index contributed by atoms with van der Waals surface area (Å²) in [5.74, 6) is 0.357. The molecule has 7 nitrogen and oxygen atoms in total. The summed E-state index contributed by atoms with van der Waals surface area (Å²) >= 11 is 0. The number of benzene rings is 1. The molecule has 26 heavy (non-hydrogen) atoms. The SMILES string of the molecule is O=C1C[C@@H]2CN(C(=O)CCc3nc(-c4ccccc4F)no3)CC[C@@H]2N1. The molecule has 1 N–H and O–H groups in total. The Morgan fingerprint density at radius 1 is 1.38 bits per heavy atom. The molecule has 2 aromatic rings. The van der Waals surface area contributed by atoms with Gasteiger partial charge in [-0.1, -0.05) is 17.3 Å². The van der Waals surface area contributed by atoms with Gasteiger partial charge in [0.15, 0.2) is 0 Å². The van der Waals surface area contributed by atoms with Crippen LogP contribution in [0.3, 0.4) is 0 Å². The number of fused-ring (bicyclic) bond motifs is 1. The Morgan fingerprint density at radius 2 is 2.23 bits per heavy atom. The van der Waals surface area contributed by atoms with Gasteiger partial charge in [0.05, 0.1) is 5.56 Å². The molecule has 136 valence electrons. The molecule has 1 aromatic heterocycles. The average molecular weight is 358 g/mol. The van der Waals surface area contributed by atoms with Crippen molar-refractivity contribution in [1.29, 1.82) is 0 Å². The third-order valence-corrected chi connectivity index (χ3v) is 5.02. The lowest BCUT2D eigenvalue weighted by molar-refractivity contribution is -0.133. The van der Waals surface area contributed by atoms with E-state index in [4.69, 9.17) is 4.52 Å². The molecule has 2 fully saturated rings. The van der Waals surface area contributed by atoms with Gasteiger partial charge in [-0.3, -0.25) is 9.59 Å². The van der Waals surface area contributed by atoms with E-state index in [0.29, 0.717) is 31.8 Å². The van der Waals surface area contributed by atoms with Crippen LogP contribution < -0.4 is 5.32 Å². The standard InChI is InChI=1S/C18H19FN4O3/c19-13-4-2-1-3-12(13)18-21-16(26-22-18)5-6-17(25)23-8-7-14-11(10-23)9-15(24)20-14/h1-4,11,14H,5-10H2,(H,20,24)/t11-,14+/m1/s1. The van der Waals surface area contributed by atoms with Crippen LogP contribution >= 0.6 is 0 Å². The predicted molar refractivity (Wildman–Crippen MR) is 89.2 cm³/mol. The molecule has 2 atom stereocenters. The third kappa shape index (κ3) is 3.31. The molecule has 8 heteroatoms. The van der Waals surface area contributed by atoms with Crippen LogP contribution in [0.25, 0.3) is 11.4 Å². The molecule has 0 bridgehead atoms. The number of nitrogens with zero attached hydrogens (tertiary/aromatic N) is 3. The Bertz CT molecular complexity index is 837. The van der Waals surface area contributed by atoms with Crippen LogP contribution in [-0.2, 0) is 16.0 Å². The van der Waals surface area contributed by atoms with Gasteiger partial charge in [-0.15, -0.1) is 0 Å². The van der Waals surface area contributed by atoms with Gasteiger partial charge in [-0.2, -0.15) is 4.98 Å². The van der Waals surface area contributed by atoms with Crippen molar-refractivity contribution in [2.45, 2.75) is 31.7 Å². The van der Waals surface area contributed by atoms with Crippen molar-refractivity contribution in [1.82, 2.24) is 20.4 Å². The first-order valence-corrected chi connectivity index (χ1v) is 8.75. The Morgan fingerprint density at radius 3 is 3.08 bits per heavy atom. The van der Waals surface area contributed by atoms with Crippen LogP contribution in [0.15, 0.2) is 28.8 Å². The maximum absolute atomic E-state index is 13.8. The van der Waals surface area contributed by atoms with Crippen molar-refractivity contribution in [3.8, 4) is 11.4 Å². The van der Waals surface area contributed by atoms with Crippen LogP contribution in [0.5, 0.6) is 0 Å². The number of piperidine rings is 1. The third-order valence-electron chi connectivity index (χ3n) is 5.02. The second kappa shape index (κ2) is 6.86. The minimum Gasteiger partial charge on any atom is -0.353 e. The summed E-state index contributed by atoms with van der Waals surface area (Å²) < 4.78 is 18.9. The molecule has 2 aliphatic heterocycles. The number of hydrogen-bond acceptors (Lipinski definition) is 5. The molecule has 2 aliphatic rings. The summed E-state index contributed by atoms with van der Waals surface area (Å²) in [6.07, 6.45) is 1.84. The molecular weight excluding hydrogens is 339 g/mol. The number of amides is 2. The Hall–Kier alpha value is -2.77. The Kier molecular flexibility index (Phi) is 4.40. The fraction of sp³-hybridized carbons (Fsp3) is 0.444. The highest BCUT2D eigenvalue weighted by Gasteiger charge is 2.37. The summed E-state index contributed by atoms with van der Waals surface area (Å²) in [5.41, 5.74) is 0.272. The van der Waals surface area contributed by atoms with Crippen molar-refractivity contribution < 1.29 is 18.5 Å². The number of rotatable bonds is 4. The summed E-state index contributed by atoms with van der Waals surface area (Å²) in [7, 11) is 0. The minimum absolute atomic E-state index is 0.00782. The molecule has 0 saturated carbocycles. The molecule has 2 saturated heterocycles. The van der Waals surface area contributed by atoms with Gasteiger partial charge in [0.2, 0.25) is 23.5 Å². The van der Waals surface area contributed by atoms with Gasteiger partial charge in [0.1, 0.15) is 5.82 Å². The fourth-order valence-corrected chi connectivity index (χ4v) is 3.64. The van der Waals surface area contributed by atoms with E-state index in [2.05, 4.69) is 15.5 Å². The number of carbonyl (C=O) groups excluding carboxylic acids is 2. The first-order chi connectivity index (χ1) is 12.6. The van der Waals surface area contributed by atoms with Crippen molar-refractivity contribution in [3.05, 3.63) is 36.0 Å². The zero-order valence-corrected chi connectivity index (χ0v) is 14.2. The molecule has 1 aromatic carbocycles. The average Bonchev–Trinajstić information content (AvgIpc) is 3.24. The lowest BCUT2D eigenvalue weighted by atomic mass is 9.93. The quantitative estimate of drug-likeness (QED) is 0.896. The van der Waals surface area contributed by atoms with Crippen molar-refractivity contribution in [3.63, 3.8) is 0 Å². The summed E-state index contributed by atoms with van der Waals surface area (Å²) in [6, 6.07) is 6.40. The minimum atomic E-state index is -0.418. The smallest absolute Gasteiger partial charge is 0.227 e. The van der Waals surface area contributed by atoms with Gasteiger partial charge < -0.3 is 14.7 Å². The zero-order valence-electron chi connectivity index (χ0n) is 14.2. The molecule has 2 amide bonds. The lowest BCUT2D eigenvalue weighted by Gasteiger charge is -2.34. The normalized spacial score (nSPS) is 22.2. The number of halogens is 1. The summed E-state index contributed by atoms with van der Waals surface area (Å²) in [5, 5.41) is 6.75. The first kappa shape index (κ1) is 16.7. The maximum Gasteiger partial charge on any atom is 0.227 e. The lowest BCUT2D eigenvalue weighted by Crippen LogP contribution is -2.47. The highest BCUT2D eigenvalue weighted by atomic mass is 19.1. The number of aromatic nitrogens is 2. The van der Waals surface area contributed by atoms with E-state index in [9.17, 15) is 14.0 Å². The summed E-state index contributed by atoms with van der Waals surface area (Å²) in [6.45, 7) is 1.25.